The van der Waals surface area contributed by atoms with Crippen LogP contribution in [0.5, 0.6) is 11.5 Å². The summed E-state index contributed by atoms with van der Waals surface area (Å²) in [5.41, 5.74) is 1.50. The van der Waals surface area contributed by atoms with Crippen LogP contribution in [0.2, 0.25) is 0 Å². The molecule has 0 amide bonds. The molecule has 86 valence electrons. The molecule has 1 aromatic rings. The first kappa shape index (κ1) is 13.8. The van der Waals surface area contributed by atoms with Crippen LogP contribution in [0.15, 0.2) is 12.1 Å². The highest BCUT2D eigenvalue weighted by molar-refractivity contribution is 5.45. The molecule has 0 heterocycles. The van der Waals surface area contributed by atoms with Crippen molar-refractivity contribution in [3.05, 3.63) is 23.3 Å². The summed E-state index contributed by atoms with van der Waals surface area (Å²) in [4.78, 5) is 0. The highest BCUT2D eigenvalue weighted by atomic mass is 16.4. The number of methoxy groups -OCH3 is 1. The Labute approximate surface area is 91.3 Å². The van der Waals surface area contributed by atoms with E-state index in [2.05, 4.69) is 4.74 Å². The van der Waals surface area contributed by atoms with E-state index >= 15 is 0 Å². The van der Waals surface area contributed by atoms with Crippen LogP contribution in [-0.4, -0.2) is 24.4 Å². The molecule has 0 bridgehead atoms. The first-order chi connectivity index (χ1) is 6.93. The van der Waals surface area contributed by atoms with Crippen LogP contribution < -0.4 is 0 Å². The van der Waals surface area contributed by atoms with Gasteiger partial charge < -0.3 is 14.9 Å². The SMILES string of the molecule is COC.Cc1cc(O)c(C(C)C)cc1O. The van der Waals surface area contributed by atoms with Gasteiger partial charge in [0.1, 0.15) is 11.5 Å². The minimum Gasteiger partial charge on any atom is -0.508 e. The number of ether oxygens (including phenoxy) is 1. The molecular weight excluding hydrogens is 192 g/mol. The van der Waals surface area contributed by atoms with Crippen molar-refractivity contribution in [1.29, 1.82) is 0 Å². The molecule has 0 aliphatic rings. The average Bonchev–Trinajstić information content (AvgIpc) is 2.12. The van der Waals surface area contributed by atoms with Gasteiger partial charge in [-0.15, -0.1) is 0 Å². The van der Waals surface area contributed by atoms with Crippen LogP contribution in [0, 0.1) is 6.92 Å². The Balaban J connectivity index is 0.000000583. The maximum atomic E-state index is 9.48. The Hall–Kier alpha value is -1.22. The molecule has 0 atom stereocenters. The van der Waals surface area contributed by atoms with Crippen LogP contribution in [0.1, 0.15) is 30.9 Å². The van der Waals surface area contributed by atoms with E-state index in [-0.39, 0.29) is 17.4 Å². The number of hydrogen-bond donors (Lipinski definition) is 2. The molecule has 1 aromatic carbocycles. The molecule has 0 aliphatic heterocycles. The van der Waals surface area contributed by atoms with Gasteiger partial charge in [-0.1, -0.05) is 13.8 Å². The summed E-state index contributed by atoms with van der Waals surface area (Å²) in [7, 11) is 3.25. The van der Waals surface area contributed by atoms with E-state index < -0.39 is 0 Å². The normalized spacial score (nSPS) is 9.73. The lowest BCUT2D eigenvalue weighted by molar-refractivity contribution is 0.277. The molecule has 0 aliphatic carbocycles. The second kappa shape index (κ2) is 6.30. The molecule has 0 saturated heterocycles. The van der Waals surface area contributed by atoms with E-state index in [9.17, 15) is 10.2 Å². The van der Waals surface area contributed by atoms with Crippen molar-refractivity contribution in [2.75, 3.05) is 14.2 Å². The predicted octanol–water partition coefficient (Wildman–Crippen LogP) is 2.79. The van der Waals surface area contributed by atoms with Crippen LogP contribution in [0.4, 0.5) is 0 Å². The monoisotopic (exact) mass is 212 g/mol. The molecule has 3 nitrogen and oxygen atoms in total. The summed E-state index contributed by atoms with van der Waals surface area (Å²) < 4.78 is 4.25. The summed E-state index contributed by atoms with van der Waals surface area (Å²) in [6, 6.07) is 3.21. The minimum atomic E-state index is 0.233. The van der Waals surface area contributed by atoms with E-state index in [1.165, 1.54) is 0 Å². The molecule has 0 spiro atoms. The standard InChI is InChI=1S/C10H14O2.C2H6O/c1-6(2)8-5-9(11)7(3)4-10(8)12;1-3-2/h4-6,11-12H,1-3H3;1-2H3. The van der Waals surface area contributed by atoms with Crippen molar-refractivity contribution in [2.24, 2.45) is 0 Å². The molecule has 0 unspecified atom stereocenters. The molecule has 0 fully saturated rings. The first-order valence-corrected chi connectivity index (χ1v) is 4.86. The summed E-state index contributed by atoms with van der Waals surface area (Å²) >= 11 is 0. The van der Waals surface area contributed by atoms with Gasteiger partial charge in [0.25, 0.3) is 0 Å². The summed E-state index contributed by atoms with van der Waals surface area (Å²) in [5.74, 6) is 0.744. The third kappa shape index (κ3) is 4.21. The number of aryl methyl sites for hydroxylation is 1. The summed E-state index contributed by atoms with van der Waals surface area (Å²) in [6.07, 6.45) is 0. The lowest BCUT2D eigenvalue weighted by atomic mass is 10.00. The van der Waals surface area contributed by atoms with Gasteiger partial charge in [0.05, 0.1) is 0 Å². The Bertz CT molecular complexity index is 306. The van der Waals surface area contributed by atoms with Crippen molar-refractivity contribution >= 4 is 0 Å². The fourth-order valence-corrected chi connectivity index (χ4v) is 1.16. The fourth-order valence-electron chi connectivity index (χ4n) is 1.16. The van der Waals surface area contributed by atoms with Gasteiger partial charge in [0, 0.05) is 19.8 Å². The second-order valence-electron chi connectivity index (χ2n) is 3.76. The van der Waals surface area contributed by atoms with Gasteiger partial charge in [0.2, 0.25) is 0 Å². The molecular formula is C12H20O3. The third-order valence-corrected chi connectivity index (χ3v) is 1.97. The number of rotatable bonds is 1. The topological polar surface area (TPSA) is 49.7 Å². The number of hydrogen-bond acceptors (Lipinski definition) is 3. The zero-order chi connectivity index (χ0) is 12.0. The van der Waals surface area contributed by atoms with Crippen LogP contribution in [0.25, 0.3) is 0 Å². The molecule has 3 heteroatoms. The molecule has 0 radical (unpaired) electrons. The predicted molar refractivity (Wildman–Crippen MR) is 61.5 cm³/mol. The number of aromatic hydroxyl groups is 2. The average molecular weight is 212 g/mol. The quantitative estimate of drug-likeness (QED) is 0.704. The van der Waals surface area contributed by atoms with E-state index in [1.54, 1.807) is 33.3 Å². The van der Waals surface area contributed by atoms with Gasteiger partial charge in [-0.2, -0.15) is 0 Å². The molecule has 1 rings (SSSR count). The Morgan fingerprint density at radius 2 is 1.53 bits per heavy atom. The van der Waals surface area contributed by atoms with Crippen LogP contribution >= 0.6 is 0 Å². The van der Waals surface area contributed by atoms with E-state index in [0.717, 1.165) is 5.56 Å². The van der Waals surface area contributed by atoms with Gasteiger partial charge in [0.15, 0.2) is 0 Å². The van der Waals surface area contributed by atoms with Crippen LogP contribution in [-0.2, 0) is 4.74 Å². The van der Waals surface area contributed by atoms with Crippen molar-refractivity contribution in [1.82, 2.24) is 0 Å². The molecule has 0 aromatic heterocycles. The highest BCUT2D eigenvalue weighted by Crippen LogP contribution is 2.31. The minimum absolute atomic E-state index is 0.233. The largest absolute Gasteiger partial charge is 0.508 e. The van der Waals surface area contributed by atoms with Gasteiger partial charge in [-0.25, -0.2) is 0 Å². The van der Waals surface area contributed by atoms with Crippen molar-refractivity contribution < 1.29 is 14.9 Å². The fraction of sp³-hybridized carbons (Fsp3) is 0.500. The Morgan fingerprint density at radius 1 is 1.07 bits per heavy atom. The zero-order valence-corrected chi connectivity index (χ0v) is 10.0. The first-order valence-electron chi connectivity index (χ1n) is 4.86. The van der Waals surface area contributed by atoms with E-state index in [1.807, 2.05) is 13.8 Å². The maximum absolute atomic E-state index is 9.48. The van der Waals surface area contributed by atoms with Crippen molar-refractivity contribution in [3.63, 3.8) is 0 Å². The van der Waals surface area contributed by atoms with E-state index in [0.29, 0.717) is 5.56 Å². The van der Waals surface area contributed by atoms with Gasteiger partial charge in [-0.3, -0.25) is 0 Å². The summed E-state index contributed by atoms with van der Waals surface area (Å²) in [5, 5.41) is 18.8. The third-order valence-electron chi connectivity index (χ3n) is 1.97. The van der Waals surface area contributed by atoms with Crippen LogP contribution in [0.3, 0.4) is 0 Å². The summed E-state index contributed by atoms with van der Waals surface area (Å²) in [6.45, 7) is 5.72. The molecule has 15 heavy (non-hydrogen) atoms. The zero-order valence-electron chi connectivity index (χ0n) is 10.0. The Morgan fingerprint density at radius 3 is 1.93 bits per heavy atom. The number of benzene rings is 1. The number of phenolic OH excluding ortho intramolecular Hbond substituents is 2. The molecule has 0 saturated carbocycles. The maximum Gasteiger partial charge on any atom is 0.119 e. The van der Waals surface area contributed by atoms with Crippen molar-refractivity contribution in [2.45, 2.75) is 26.7 Å². The number of phenols is 2. The van der Waals surface area contributed by atoms with Gasteiger partial charge >= 0.3 is 0 Å². The van der Waals surface area contributed by atoms with E-state index in [4.69, 9.17) is 0 Å². The lowest BCUT2D eigenvalue weighted by Crippen LogP contribution is -1.89. The van der Waals surface area contributed by atoms with Gasteiger partial charge in [-0.05, 0) is 30.5 Å². The second-order valence-corrected chi connectivity index (χ2v) is 3.76. The Kier molecular flexibility index (Phi) is 5.79. The van der Waals surface area contributed by atoms with Crippen molar-refractivity contribution in [3.8, 4) is 11.5 Å². The highest BCUT2D eigenvalue weighted by Gasteiger charge is 2.08. The smallest absolute Gasteiger partial charge is 0.119 e. The molecule has 2 N–H and O–H groups in total. The lowest BCUT2D eigenvalue weighted by Gasteiger charge is -2.09.